The molecule has 1 aliphatic heterocycles. The number of aromatic nitrogens is 2. The fraction of sp³-hybridized carbons (Fsp3) is 0.476. The summed E-state index contributed by atoms with van der Waals surface area (Å²) in [6, 6.07) is 8.01. The molecule has 1 aliphatic rings. The van der Waals surface area contributed by atoms with Gasteiger partial charge in [0.1, 0.15) is 11.6 Å². The van der Waals surface area contributed by atoms with E-state index in [1.54, 1.807) is 6.92 Å². The van der Waals surface area contributed by atoms with Gasteiger partial charge in [0.25, 0.3) is 0 Å². The summed E-state index contributed by atoms with van der Waals surface area (Å²) < 4.78 is 0. The van der Waals surface area contributed by atoms with Gasteiger partial charge in [-0.25, -0.2) is 4.98 Å². The molecular formula is C21H27N3O2. The van der Waals surface area contributed by atoms with Gasteiger partial charge in [-0.05, 0) is 36.8 Å². The van der Waals surface area contributed by atoms with Crippen LogP contribution in [0.4, 0.5) is 0 Å². The van der Waals surface area contributed by atoms with E-state index >= 15 is 0 Å². The second-order valence-electron chi connectivity index (χ2n) is 7.60. The van der Waals surface area contributed by atoms with Crippen LogP contribution < -0.4 is 0 Å². The van der Waals surface area contributed by atoms with E-state index in [2.05, 4.69) is 23.8 Å². The van der Waals surface area contributed by atoms with Gasteiger partial charge in [0.2, 0.25) is 5.91 Å². The average molecular weight is 353 g/mol. The summed E-state index contributed by atoms with van der Waals surface area (Å²) >= 11 is 0. The van der Waals surface area contributed by atoms with E-state index in [1.807, 2.05) is 35.4 Å². The Labute approximate surface area is 154 Å². The normalized spacial score (nSPS) is 17.1. The number of ketones is 1. The monoisotopic (exact) mass is 353 g/mol. The summed E-state index contributed by atoms with van der Waals surface area (Å²) in [4.78, 5) is 33.6. The summed E-state index contributed by atoms with van der Waals surface area (Å²) in [6.07, 6.45) is 4.85. The molecule has 2 heterocycles. The lowest BCUT2D eigenvalue weighted by atomic mass is 10.1. The number of carbonyl (C=O) groups excluding carboxylic acids is 2. The summed E-state index contributed by atoms with van der Waals surface area (Å²) in [6.45, 7) is 6.56. The topological polar surface area (TPSA) is 66.1 Å². The van der Waals surface area contributed by atoms with Crippen LogP contribution in [0.3, 0.4) is 0 Å². The van der Waals surface area contributed by atoms with Crippen LogP contribution in [0.5, 0.6) is 0 Å². The molecule has 0 bridgehead atoms. The molecule has 1 aromatic carbocycles. The maximum Gasteiger partial charge on any atom is 0.223 e. The van der Waals surface area contributed by atoms with Crippen LogP contribution >= 0.6 is 0 Å². The Morgan fingerprint density at radius 1 is 1.27 bits per heavy atom. The zero-order valence-electron chi connectivity index (χ0n) is 15.8. The second-order valence-corrected chi connectivity index (χ2v) is 7.60. The van der Waals surface area contributed by atoms with Crippen LogP contribution in [0, 0.1) is 5.92 Å². The highest BCUT2D eigenvalue weighted by molar-refractivity contribution is 5.78. The molecule has 0 spiro atoms. The van der Waals surface area contributed by atoms with E-state index in [0.29, 0.717) is 18.8 Å². The Bertz CT molecular complexity index is 777. The number of rotatable bonds is 6. The summed E-state index contributed by atoms with van der Waals surface area (Å²) in [5, 5.41) is 0. The summed E-state index contributed by atoms with van der Waals surface area (Å²) in [5.41, 5.74) is 2.99. The SMILES string of the molecule is CC(=O)Cc1ccc(-c2cnc(C3CCCN3C(=O)CC(C)C)[nH]2)cc1. The highest BCUT2D eigenvalue weighted by Gasteiger charge is 2.31. The molecule has 1 aromatic heterocycles. The minimum atomic E-state index is 0.0481. The Kier molecular flexibility index (Phi) is 5.55. The maximum atomic E-state index is 12.5. The zero-order chi connectivity index (χ0) is 18.7. The average Bonchev–Trinajstić information content (AvgIpc) is 3.23. The van der Waals surface area contributed by atoms with E-state index in [0.717, 1.165) is 42.0 Å². The van der Waals surface area contributed by atoms with E-state index < -0.39 is 0 Å². The van der Waals surface area contributed by atoms with Crippen LogP contribution in [0.1, 0.15) is 57.5 Å². The van der Waals surface area contributed by atoms with Gasteiger partial charge in [0, 0.05) is 19.4 Å². The van der Waals surface area contributed by atoms with Crippen molar-refractivity contribution in [1.29, 1.82) is 0 Å². The predicted molar refractivity (Wildman–Crippen MR) is 102 cm³/mol. The van der Waals surface area contributed by atoms with Crippen molar-refractivity contribution in [3.63, 3.8) is 0 Å². The minimum absolute atomic E-state index is 0.0481. The molecule has 1 amide bonds. The number of aromatic amines is 1. The molecule has 5 nitrogen and oxygen atoms in total. The number of nitrogens with zero attached hydrogens (tertiary/aromatic N) is 2. The molecule has 1 fully saturated rings. The van der Waals surface area contributed by atoms with Crippen molar-refractivity contribution in [1.82, 2.24) is 14.9 Å². The highest BCUT2D eigenvalue weighted by atomic mass is 16.2. The Balaban J connectivity index is 1.74. The summed E-state index contributed by atoms with van der Waals surface area (Å²) in [5.74, 6) is 1.61. The fourth-order valence-corrected chi connectivity index (χ4v) is 3.56. The van der Waals surface area contributed by atoms with Gasteiger partial charge in [-0.3, -0.25) is 9.59 Å². The standard InChI is InChI=1S/C21H27N3O2/c1-14(2)11-20(26)24-10-4-5-19(24)21-22-13-18(23-21)17-8-6-16(7-9-17)12-15(3)25/h6-9,13-14,19H,4-5,10-12H2,1-3H3,(H,22,23). The first-order valence-corrected chi connectivity index (χ1v) is 9.37. The molecule has 2 aromatic rings. The van der Waals surface area contributed by atoms with Gasteiger partial charge >= 0.3 is 0 Å². The van der Waals surface area contributed by atoms with E-state index in [-0.39, 0.29) is 17.7 Å². The van der Waals surface area contributed by atoms with Crippen molar-refractivity contribution >= 4 is 11.7 Å². The Hall–Kier alpha value is -2.43. The maximum absolute atomic E-state index is 12.5. The van der Waals surface area contributed by atoms with Crippen molar-refractivity contribution in [2.45, 2.75) is 52.5 Å². The first-order chi connectivity index (χ1) is 12.4. The summed E-state index contributed by atoms with van der Waals surface area (Å²) in [7, 11) is 0. The van der Waals surface area contributed by atoms with Gasteiger partial charge in [0.15, 0.2) is 0 Å². The molecule has 138 valence electrons. The Morgan fingerprint density at radius 2 is 2.00 bits per heavy atom. The molecule has 1 unspecified atom stereocenters. The number of hydrogen-bond donors (Lipinski definition) is 1. The van der Waals surface area contributed by atoms with Crippen LogP contribution in [0.25, 0.3) is 11.3 Å². The van der Waals surface area contributed by atoms with E-state index in [1.165, 1.54) is 0 Å². The molecule has 1 N–H and O–H groups in total. The molecule has 5 heteroatoms. The number of likely N-dealkylation sites (tertiary alicyclic amines) is 1. The van der Waals surface area contributed by atoms with Crippen LogP contribution in [0.15, 0.2) is 30.5 Å². The van der Waals surface area contributed by atoms with E-state index in [9.17, 15) is 9.59 Å². The molecular weight excluding hydrogens is 326 g/mol. The third-order valence-corrected chi connectivity index (χ3v) is 4.79. The third-order valence-electron chi connectivity index (χ3n) is 4.79. The molecule has 0 radical (unpaired) electrons. The lowest BCUT2D eigenvalue weighted by Crippen LogP contribution is -2.31. The third kappa shape index (κ3) is 4.21. The number of amides is 1. The molecule has 1 atom stereocenters. The van der Waals surface area contributed by atoms with E-state index in [4.69, 9.17) is 0 Å². The lowest BCUT2D eigenvalue weighted by molar-refractivity contribution is -0.133. The number of carbonyl (C=O) groups is 2. The second kappa shape index (κ2) is 7.85. The number of hydrogen-bond acceptors (Lipinski definition) is 3. The number of benzene rings is 1. The zero-order valence-corrected chi connectivity index (χ0v) is 15.8. The van der Waals surface area contributed by atoms with Crippen molar-refractivity contribution in [3.8, 4) is 11.3 Å². The van der Waals surface area contributed by atoms with Crippen molar-refractivity contribution in [3.05, 3.63) is 41.9 Å². The number of imidazole rings is 1. The largest absolute Gasteiger partial charge is 0.340 e. The smallest absolute Gasteiger partial charge is 0.223 e. The number of Topliss-reactive ketones (excluding diaryl/α,β-unsaturated/α-hetero) is 1. The quantitative estimate of drug-likeness (QED) is 0.856. The van der Waals surface area contributed by atoms with Crippen molar-refractivity contribution in [2.24, 2.45) is 5.92 Å². The van der Waals surface area contributed by atoms with Gasteiger partial charge in [0.05, 0.1) is 17.9 Å². The number of H-pyrrole nitrogens is 1. The first kappa shape index (κ1) is 18.4. The van der Waals surface area contributed by atoms with Gasteiger partial charge < -0.3 is 9.88 Å². The minimum Gasteiger partial charge on any atom is -0.340 e. The molecule has 3 rings (SSSR count). The molecule has 1 saturated heterocycles. The number of nitrogens with one attached hydrogen (secondary N) is 1. The van der Waals surface area contributed by atoms with Crippen LogP contribution in [0.2, 0.25) is 0 Å². The van der Waals surface area contributed by atoms with Gasteiger partial charge in [-0.2, -0.15) is 0 Å². The van der Waals surface area contributed by atoms with Gasteiger partial charge in [-0.1, -0.05) is 38.1 Å². The lowest BCUT2D eigenvalue weighted by Gasteiger charge is -2.24. The Morgan fingerprint density at radius 3 is 2.65 bits per heavy atom. The highest BCUT2D eigenvalue weighted by Crippen LogP contribution is 2.32. The molecule has 0 aliphatic carbocycles. The molecule has 26 heavy (non-hydrogen) atoms. The van der Waals surface area contributed by atoms with Crippen LogP contribution in [-0.4, -0.2) is 33.1 Å². The first-order valence-electron chi connectivity index (χ1n) is 9.37. The van der Waals surface area contributed by atoms with Crippen LogP contribution in [-0.2, 0) is 16.0 Å². The van der Waals surface area contributed by atoms with Crippen molar-refractivity contribution < 1.29 is 9.59 Å². The van der Waals surface area contributed by atoms with Gasteiger partial charge in [-0.15, -0.1) is 0 Å². The molecule has 0 saturated carbocycles. The fourth-order valence-electron chi connectivity index (χ4n) is 3.56. The predicted octanol–water partition coefficient (Wildman–Crippen LogP) is 3.92. The van der Waals surface area contributed by atoms with Crippen molar-refractivity contribution in [2.75, 3.05) is 6.54 Å².